The van der Waals surface area contributed by atoms with E-state index in [1.165, 1.54) is 0 Å². The Morgan fingerprint density at radius 3 is 2.06 bits per heavy atom. The van der Waals surface area contributed by atoms with Crippen LogP contribution >= 0.6 is 0 Å². The van der Waals surface area contributed by atoms with E-state index in [0.29, 0.717) is 0 Å². The molecule has 0 aromatic rings. The van der Waals surface area contributed by atoms with Crippen LogP contribution in [0.3, 0.4) is 0 Å². The average Bonchev–Trinajstić information content (AvgIpc) is 2.48. The normalized spacial score (nSPS) is 43.6. The van der Waals surface area contributed by atoms with E-state index < -0.39 is 35.1 Å². The lowest BCUT2D eigenvalue weighted by molar-refractivity contribution is -0.184. The van der Waals surface area contributed by atoms with Crippen molar-refractivity contribution in [1.82, 2.24) is 0 Å². The van der Waals surface area contributed by atoms with Gasteiger partial charge in [-0.15, -0.1) is 0 Å². The summed E-state index contributed by atoms with van der Waals surface area (Å²) >= 11 is 0. The molecule has 4 unspecified atom stereocenters. The molecule has 1 aliphatic rings. The van der Waals surface area contributed by atoms with Gasteiger partial charge in [0.25, 0.3) is 0 Å². The highest BCUT2D eigenvalue weighted by atomic mass is 19.2. The maximum absolute atomic E-state index is 14.6. The molecule has 1 aliphatic carbocycles. The first-order chi connectivity index (χ1) is 8.00. The zero-order chi connectivity index (χ0) is 14.4. The summed E-state index contributed by atoms with van der Waals surface area (Å²) in [6.07, 6.45) is -0.554. The molecule has 0 bridgehead atoms. The molecule has 0 saturated heterocycles. The largest absolute Gasteiger partial charge is 0.467 e. The van der Waals surface area contributed by atoms with E-state index in [0.717, 1.165) is 27.9 Å². The summed E-state index contributed by atoms with van der Waals surface area (Å²) < 4.78 is 60.5. The molecule has 6 heteroatoms. The zero-order valence-corrected chi connectivity index (χ0v) is 10.9. The van der Waals surface area contributed by atoms with Gasteiger partial charge in [-0.2, -0.15) is 0 Å². The van der Waals surface area contributed by atoms with Crippen LogP contribution in [0.4, 0.5) is 17.6 Å². The fraction of sp³-hybridized carbons (Fsp3) is 0.917. The SMILES string of the molecule is COC(=O)C(F)(CF)C1(C)CCC(C)(F)C1(C)F. The second kappa shape index (κ2) is 4.10. The van der Waals surface area contributed by atoms with Crippen molar-refractivity contribution in [2.24, 2.45) is 5.41 Å². The number of carbonyl (C=O) groups excluding carboxylic acids is 1. The topological polar surface area (TPSA) is 26.3 Å². The van der Waals surface area contributed by atoms with Gasteiger partial charge in [0.2, 0.25) is 5.67 Å². The van der Waals surface area contributed by atoms with E-state index in [1.54, 1.807) is 0 Å². The highest BCUT2D eigenvalue weighted by Crippen LogP contribution is 2.62. The molecule has 0 radical (unpaired) electrons. The number of hydrogen-bond acceptors (Lipinski definition) is 2. The first-order valence-corrected chi connectivity index (χ1v) is 5.71. The highest BCUT2D eigenvalue weighted by Gasteiger charge is 2.74. The number of ether oxygens (including phenoxy) is 1. The quantitative estimate of drug-likeness (QED) is 0.582. The predicted molar refractivity (Wildman–Crippen MR) is 58.2 cm³/mol. The fourth-order valence-electron chi connectivity index (χ4n) is 2.69. The Labute approximate surface area is 104 Å². The molecule has 2 nitrogen and oxygen atoms in total. The van der Waals surface area contributed by atoms with Gasteiger partial charge in [0.05, 0.1) is 12.5 Å². The minimum atomic E-state index is -3.19. The minimum absolute atomic E-state index is 0.275. The maximum atomic E-state index is 14.6. The van der Waals surface area contributed by atoms with Crippen LogP contribution < -0.4 is 0 Å². The molecule has 0 aromatic carbocycles. The fourth-order valence-corrected chi connectivity index (χ4v) is 2.69. The van der Waals surface area contributed by atoms with Crippen molar-refractivity contribution in [3.05, 3.63) is 0 Å². The molecule has 106 valence electrons. The molecule has 4 atom stereocenters. The second-order valence-electron chi connectivity index (χ2n) is 5.46. The van der Waals surface area contributed by atoms with Gasteiger partial charge in [0.15, 0.2) is 5.67 Å². The number of carbonyl (C=O) groups is 1. The first-order valence-electron chi connectivity index (χ1n) is 5.71. The molecule has 1 rings (SSSR count). The number of methoxy groups -OCH3 is 1. The highest BCUT2D eigenvalue weighted by molar-refractivity contribution is 5.81. The van der Waals surface area contributed by atoms with Crippen molar-refractivity contribution in [3.63, 3.8) is 0 Å². The first kappa shape index (κ1) is 15.2. The molecular formula is C12H18F4O2. The van der Waals surface area contributed by atoms with Crippen molar-refractivity contribution >= 4 is 5.97 Å². The van der Waals surface area contributed by atoms with Crippen molar-refractivity contribution in [2.45, 2.75) is 50.6 Å². The number of alkyl halides is 4. The Balaban J connectivity index is 3.34. The van der Waals surface area contributed by atoms with Gasteiger partial charge in [-0.05, 0) is 26.7 Å². The van der Waals surface area contributed by atoms with Crippen LogP contribution in [0.15, 0.2) is 0 Å². The predicted octanol–water partition coefficient (Wildman–Crippen LogP) is 3.09. The number of hydrogen-bond donors (Lipinski definition) is 0. The second-order valence-corrected chi connectivity index (χ2v) is 5.46. The Hall–Kier alpha value is -0.810. The van der Waals surface area contributed by atoms with E-state index in [-0.39, 0.29) is 12.8 Å². The molecule has 1 saturated carbocycles. The van der Waals surface area contributed by atoms with Crippen molar-refractivity contribution in [3.8, 4) is 0 Å². The summed E-state index contributed by atoms with van der Waals surface area (Å²) in [5, 5.41) is 0. The van der Waals surface area contributed by atoms with Gasteiger partial charge >= 0.3 is 5.97 Å². The molecule has 1 fully saturated rings. The van der Waals surface area contributed by atoms with Crippen LogP contribution in [0.5, 0.6) is 0 Å². The average molecular weight is 270 g/mol. The molecular weight excluding hydrogens is 252 g/mol. The van der Waals surface area contributed by atoms with Crippen LogP contribution in [-0.2, 0) is 9.53 Å². The summed E-state index contributed by atoms with van der Waals surface area (Å²) in [4.78, 5) is 11.4. The van der Waals surface area contributed by atoms with Crippen LogP contribution in [0.25, 0.3) is 0 Å². The molecule has 0 heterocycles. The third-order valence-electron chi connectivity index (χ3n) is 4.68. The molecule has 18 heavy (non-hydrogen) atoms. The molecule has 0 amide bonds. The van der Waals surface area contributed by atoms with E-state index in [1.807, 2.05) is 0 Å². The summed E-state index contributed by atoms with van der Waals surface area (Å²) in [5.74, 6) is -1.51. The Kier molecular flexibility index (Phi) is 3.47. The van der Waals surface area contributed by atoms with Crippen molar-refractivity contribution < 1.29 is 27.1 Å². The number of esters is 1. The van der Waals surface area contributed by atoms with Gasteiger partial charge in [-0.25, -0.2) is 22.4 Å². The Morgan fingerprint density at radius 2 is 1.78 bits per heavy atom. The monoisotopic (exact) mass is 270 g/mol. The third-order valence-corrected chi connectivity index (χ3v) is 4.68. The molecule has 0 N–H and O–H groups in total. The van der Waals surface area contributed by atoms with E-state index >= 15 is 0 Å². The minimum Gasteiger partial charge on any atom is -0.467 e. The van der Waals surface area contributed by atoms with Crippen LogP contribution in [0.2, 0.25) is 0 Å². The van der Waals surface area contributed by atoms with Gasteiger partial charge in [-0.3, -0.25) is 0 Å². The van der Waals surface area contributed by atoms with Gasteiger partial charge in [0, 0.05) is 0 Å². The van der Waals surface area contributed by atoms with Gasteiger partial charge < -0.3 is 4.74 Å². The van der Waals surface area contributed by atoms with E-state index in [4.69, 9.17) is 0 Å². The molecule has 0 aliphatic heterocycles. The van der Waals surface area contributed by atoms with Crippen LogP contribution in [0, 0.1) is 5.41 Å². The van der Waals surface area contributed by atoms with Crippen LogP contribution in [0.1, 0.15) is 33.6 Å². The van der Waals surface area contributed by atoms with Crippen molar-refractivity contribution in [2.75, 3.05) is 13.8 Å². The van der Waals surface area contributed by atoms with Gasteiger partial charge in [-0.1, -0.05) is 6.92 Å². The number of rotatable bonds is 3. The lowest BCUT2D eigenvalue weighted by Crippen LogP contribution is -2.61. The standard InChI is InChI=1S/C12H18F4O2/c1-9(12(16,7-13)8(17)18-4)5-6-10(2,14)11(9,3)15/h5-7H2,1-4H3. The van der Waals surface area contributed by atoms with Crippen molar-refractivity contribution in [1.29, 1.82) is 0 Å². The Bertz CT molecular complexity index is 356. The van der Waals surface area contributed by atoms with E-state index in [9.17, 15) is 22.4 Å². The zero-order valence-electron chi connectivity index (χ0n) is 10.9. The lowest BCUT2D eigenvalue weighted by Gasteiger charge is -2.45. The van der Waals surface area contributed by atoms with Crippen LogP contribution in [-0.4, -0.2) is 36.8 Å². The van der Waals surface area contributed by atoms with Gasteiger partial charge in [0.1, 0.15) is 12.3 Å². The molecule has 0 spiro atoms. The third kappa shape index (κ3) is 1.57. The summed E-state index contributed by atoms with van der Waals surface area (Å²) in [5.41, 5.74) is -10.3. The summed E-state index contributed by atoms with van der Waals surface area (Å²) in [6.45, 7) is 1.17. The summed E-state index contributed by atoms with van der Waals surface area (Å²) in [7, 11) is 0.884. The molecule has 0 aromatic heterocycles. The van der Waals surface area contributed by atoms with E-state index in [2.05, 4.69) is 4.74 Å². The smallest absolute Gasteiger partial charge is 0.347 e. The lowest BCUT2D eigenvalue weighted by atomic mass is 9.65. The summed E-state index contributed by atoms with van der Waals surface area (Å²) in [6, 6.07) is 0. The Morgan fingerprint density at radius 1 is 1.28 bits per heavy atom. The maximum Gasteiger partial charge on any atom is 0.347 e. The number of halogens is 4.